The number of benzene rings is 2. The Morgan fingerprint density at radius 1 is 1.09 bits per heavy atom. The molecule has 7 nitrogen and oxygen atoms in total. The van der Waals surface area contributed by atoms with Crippen molar-refractivity contribution in [2.75, 3.05) is 25.7 Å². The van der Waals surface area contributed by atoms with Crippen LogP contribution in [0.5, 0.6) is 11.5 Å². The minimum absolute atomic E-state index is 0.0388. The van der Waals surface area contributed by atoms with Crippen LogP contribution in [-0.4, -0.2) is 49.4 Å². The monoisotopic (exact) mass is 458 g/mol. The number of carbonyl (C=O) groups is 3. The Morgan fingerprint density at radius 3 is 2.41 bits per heavy atom. The largest absolute Gasteiger partial charge is 0.493 e. The van der Waals surface area contributed by atoms with E-state index in [1.165, 1.54) is 4.90 Å². The van der Waals surface area contributed by atoms with Crippen LogP contribution >= 0.6 is 11.6 Å². The van der Waals surface area contributed by atoms with Crippen molar-refractivity contribution in [3.05, 3.63) is 53.1 Å². The molecule has 1 atom stereocenters. The highest BCUT2D eigenvalue weighted by Gasteiger charge is 2.44. The molecule has 32 heavy (non-hydrogen) atoms. The van der Waals surface area contributed by atoms with Gasteiger partial charge >= 0.3 is 0 Å². The Kier molecular flexibility index (Phi) is 7.75. The summed E-state index contributed by atoms with van der Waals surface area (Å²) in [5.74, 6) is 0.344. The van der Waals surface area contributed by atoms with Gasteiger partial charge in [0.25, 0.3) is 5.91 Å². The molecule has 170 valence electrons. The minimum atomic E-state index is -0.822. The van der Waals surface area contributed by atoms with Gasteiger partial charge in [0.1, 0.15) is 6.04 Å². The normalized spacial score (nSPS) is 15.8. The first-order valence-electron chi connectivity index (χ1n) is 10.5. The molecular formula is C24H27ClN2O5. The highest BCUT2D eigenvalue weighted by molar-refractivity contribution is 6.30. The number of rotatable bonds is 9. The smallest absolute Gasteiger partial charge is 0.257 e. The first-order chi connectivity index (χ1) is 15.4. The molecule has 0 saturated carbocycles. The van der Waals surface area contributed by atoms with Crippen molar-refractivity contribution in [1.82, 2.24) is 4.90 Å². The molecule has 0 N–H and O–H groups in total. The number of hydrogen-bond donors (Lipinski definition) is 0. The molecule has 0 spiro atoms. The van der Waals surface area contributed by atoms with Gasteiger partial charge in [0, 0.05) is 18.0 Å². The zero-order valence-corrected chi connectivity index (χ0v) is 19.2. The summed E-state index contributed by atoms with van der Waals surface area (Å²) in [6, 6.07) is 11.2. The zero-order valence-electron chi connectivity index (χ0n) is 18.5. The van der Waals surface area contributed by atoms with E-state index in [4.69, 9.17) is 21.1 Å². The van der Waals surface area contributed by atoms with Gasteiger partial charge in [0.15, 0.2) is 11.5 Å². The van der Waals surface area contributed by atoms with Gasteiger partial charge in [-0.3, -0.25) is 14.4 Å². The summed E-state index contributed by atoms with van der Waals surface area (Å²) in [6.45, 7) is 2.22. The van der Waals surface area contributed by atoms with E-state index in [2.05, 4.69) is 0 Å². The van der Waals surface area contributed by atoms with Gasteiger partial charge in [-0.2, -0.15) is 0 Å². The number of carbonyl (C=O) groups excluding carboxylic acids is 3. The van der Waals surface area contributed by atoms with E-state index in [0.29, 0.717) is 48.0 Å². The molecule has 8 heteroatoms. The summed E-state index contributed by atoms with van der Waals surface area (Å²) >= 11 is 5.93. The summed E-state index contributed by atoms with van der Waals surface area (Å²) in [6.07, 6.45) is 1.43. The van der Waals surface area contributed by atoms with Crippen LogP contribution in [-0.2, 0) is 20.8 Å². The summed E-state index contributed by atoms with van der Waals surface area (Å²) in [7, 11) is 3.13. The average molecular weight is 459 g/mol. The van der Waals surface area contributed by atoms with E-state index in [0.717, 1.165) is 10.5 Å². The third-order valence-electron chi connectivity index (χ3n) is 5.46. The van der Waals surface area contributed by atoms with Gasteiger partial charge in [-0.05, 0) is 54.8 Å². The predicted molar refractivity (Wildman–Crippen MR) is 122 cm³/mol. The van der Waals surface area contributed by atoms with Crippen LogP contribution < -0.4 is 14.4 Å². The van der Waals surface area contributed by atoms with Crippen LogP contribution in [0.2, 0.25) is 5.02 Å². The van der Waals surface area contributed by atoms with Crippen molar-refractivity contribution in [3.8, 4) is 11.5 Å². The first-order valence-corrected chi connectivity index (χ1v) is 10.9. The van der Waals surface area contributed by atoms with Crippen molar-refractivity contribution in [3.63, 3.8) is 0 Å². The number of ether oxygens (including phenoxy) is 2. The standard InChI is InChI=1S/C24H27ClN2O5/c1-4-5-22(28)26(13-12-16-6-11-20(31-2)21(14-16)32-3)19-15-23(29)27(24(19)30)18-9-7-17(25)8-10-18/h6-11,14,19H,4-5,12-13,15H2,1-3H3. The highest BCUT2D eigenvalue weighted by atomic mass is 35.5. The van der Waals surface area contributed by atoms with E-state index < -0.39 is 11.9 Å². The molecule has 1 fully saturated rings. The Morgan fingerprint density at radius 2 is 1.78 bits per heavy atom. The maximum atomic E-state index is 13.2. The molecule has 3 amide bonds. The molecule has 3 rings (SSSR count). The molecule has 1 heterocycles. The molecule has 1 aliphatic rings. The Hall–Kier alpha value is -3.06. The second kappa shape index (κ2) is 10.5. The maximum absolute atomic E-state index is 13.2. The third-order valence-corrected chi connectivity index (χ3v) is 5.71. The van der Waals surface area contributed by atoms with Crippen molar-refractivity contribution >= 4 is 35.0 Å². The fraction of sp³-hybridized carbons (Fsp3) is 0.375. The lowest BCUT2D eigenvalue weighted by atomic mass is 10.1. The van der Waals surface area contributed by atoms with Crippen molar-refractivity contribution in [1.29, 1.82) is 0 Å². The number of amides is 3. The van der Waals surface area contributed by atoms with E-state index >= 15 is 0 Å². The zero-order chi connectivity index (χ0) is 23.3. The minimum Gasteiger partial charge on any atom is -0.493 e. The van der Waals surface area contributed by atoms with Crippen LogP contribution in [0.1, 0.15) is 31.7 Å². The molecule has 2 aromatic rings. The molecule has 0 aliphatic carbocycles. The number of nitrogens with zero attached hydrogens (tertiary/aromatic N) is 2. The number of imide groups is 1. The average Bonchev–Trinajstić information content (AvgIpc) is 3.08. The fourth-order valence-electron chi connectivity index (χ4n) is 3.82. The number of anilines is 1. The number of hydrogen-bond acceptors (Lipinski definition) is 5. The SMILES string of the molecule is CCCC(=O)N(CCc1ccc(OC)c(OC)c1)C1CC(=O)N(c2ccc(Cl)cc2)C1=O. The molecule has 2 aromatic carbocycles. The molecule has 0 radical (unpaired) electrons. The Bertz CT molecular complexity index is 992. The highest BCUT2D eigenvalue weighted by Crippen LogP contribution is 2.29. The lowest BCUT2D eigenvalue weighted by Gasteiger charge is -2.28. The lowest BCUT2D eigenvalue weighted by molar-refractivity contribution is -0.138. The Labute approximate surface area is 192 Å². The van der Waals surface area contributed by atoms with E-state index in [1.54, 1.807) is 44.6 Å². The summed E-state index contributed by atoms with van der Waals surface area (Å²) in [4.78, 5) is 41.5. The van der Waals surface area contributed by atoms with Crippen molar-refractivity contribution < 1.29 is 23.9 Å². The molecule has 0 bridgehead atoms. The summed E-state index contributed by atoms with van der Waals surface area (Å²) in [5.41, 5.74) is 1.39. The van der Waals surface area contributed by atoms with Gasteiger partial charge in [-0.1, -0.05) is 24.6 Å². The van der Waals surface area contributed by atoms with Gasteiger partial charge in [0.05, 0.1) is 26.3 Å². The van der Waals surface area contributed by atoms with Crippen molar-refractivity contribution in [2.45, 2.75) is 38.6 Å². The fourth-order valence-corrected chi connectivity index (χ4v) is 3.94. The van der Waals surface area contributed by atoms with Gasteiger partial charge < -0.3 is 14.4 Å². The second-order valence-corrected chi connectivity index (χ2v) is 7.98. The maximum Gasteiger partial charge on any atom is 0.257 e. The molecule has 1 unspecified atom stereocenters. The Balaban J connectivity index is 1.81. The molecular weight excluding hydrogens is 432 g/mol. The van der Waals surface area contributed by atoms with Crippen LogP contribution in [0, 0.1) is 0 Å². The second-order valence-electron chi connectivity index (χ2n) is 7.54. The lowest BCUT2D eigenvalue weighted by Crippen LogP contribution is -2.46. The van der Waals surface area contributed by atoms with Gasteiger partial charge in [-0.15, -0.1) is 0 Å². The predicted octanol–water partition coefficient (Wildman–Crippen LogP) is 3.86. The number of methoxy groups -OCH3 is 2. The third kappa shape index (κ3) is 5.05. The topological polar surface area (TPSA) is 76.2 Å². The van der Waals surface area contributed by atoms with E-state index in [-0.39, 0.29) is 18.2 Å². The van der Waals surface area contributed by atoms with Crippen LogP contribution in [0.3, 0.4) is 0 Å². The van der Waals surface area contributed by atoms with Crippen molar-refractivity contribution in [2.24, 2.45) is 0 Å². The summed E-state index contributed by atoms with van der Waals surface area (Å²) in [5, 5.41) is 0.513. The molecule has 1 saturated heterocycles. The molecule has 0 aromatic heterocycles. The van der Waals surface area contributed by atoms with Gasteiger partial charge in [0.2, 0.25) is 11.8 Å². The quantitative estimate of drug-likeness (QED) is 0.533. The first kappa shape index (κ1) is 23.6. The number of halogens is 1. The van der Waals surface area contributed by atoms with Crippen LogP contribution in [0.15, 0.2) is 42.5 Å². The van der Waals surface area contributed by atoms with Crippen LogP contribution in [0.4, 0.5) is 5.69 Å². The summed E-state index contributed by atoms with van der Waals surface area (Å²) < 4.78 is 10.6. The molecule has 1 aliphatic heterocycles. The van der Waals surface area contributed by atoms with E-state index in [9.17, 15) is 14.4 Å². The van der Waals surface area contributed by atoms with Crippen LogP contribution in [0.25, 0.3) is 0 Å². The van der Waals surface area contributed by atoms with Gasteiger partial charge in [-0.25, -0.2) is 4.90 Å². The van der Waals surface area contributed by atoms with E-state index in [1.807, 2.05) is 19.1 Å².